The molecule has 0 radical (unpaired) electrons. The molecule has 0 aliphatic heterocycles. The van der Waals surface area contributed by atoms with Gasteiger partial charge in [0.1, 0.15) is 0 Å². The van der Waals surface area contributed by atoms with Gasteiger partial charge in [0.25, 0.3) is 0 Å². The predicted octanol–water partition coefficient (Wildman–Crippen LogP) is 3.10. The summed E-state index contributed by atoms with van der Waals surface area (Å²) in [6, 6.07) is 0.469. The molecule has 1 atom stereocenters. The van der Waals surface area contributed by atoms with Gasteiger partial charge in [0.05, 0.1) is 0 Å². The van der Waals surface area contributed by atoms with E-state index in [0.29, 0.717) is 6.04 Å². The van der Waals surface area contributed by atoms with Crippen LogP contribution in [0.25, 0.3) is 0 Å². The van der Waals surface area contributed by atoms with Crippen LogP contribution in [0.5, 0.6) is 0 Å². The Hall–Kier alpha value is -0.770. The van der Waals surface area contributed by atoms with E-state index >= 15 is 0 Å². The highest BCUT2D eigenvalue weighted by molar-refractivity contribution is 5.79. The fraction of sp³-hybridized carbons (Fsp3) is 0.941. The fourth-order valence-corrected chi connectivity index (χ4v) is 2.38. The van der Waals surface area contributed by atoms with Crippen LogP contribution in [0.4, 0.5) is 0 Å². The average Bonchev–Trinajstić information content (AvgIpc) is 2.46. The number of guanidine groups is 1. The standard InChI is InChI=1S/C17H38N4/c1-7-21(8-2)14-10-12-16(5)20-17(18-6)19-13-9-11-15(3)4/h15-16H,7-14H2,1-6H3,(H2,18,19,20). The van der Waals surface area contributed by atoms with Crippen LogP contribution in [0.2, 0.25) is 0 Å². The first-order valence-electron chi connectivity index (χ1n) is 8.72. The highest BCUT2D eigenvalue weighted by Crippen LogP contribution is 2.02. The normalized spacial score (nSPS) is 13.8. The van der Waals surface area contributed by atoms with E-state index in [0.717, 1.165) is 31.5 Å². The number of hydrogen-bond donors (Lipinski definition) is 2. The number of nitrogens with one attached hydrogen (secondary N) is 2. The molecule has 1 unspecified atom stereocenters. The van der Waals surface area contributed by atoms with Crippen molar-refractivity contribution in [2.24, 2.45) is 10.9 Å². The molecule has 2 N–H and O–H groups in total. The SMILES string of the molecule is CCN(CC)CCCC(C)NC(=NC)NCCCC(C)C. The molecule has 0 aromatic rings. The highest BCUT2D eigenvalue weighted by atomic mass is 15.2. The second kappa shape index (κ2) is 12.9. The van der Waals surface area contributed by atoms with Crippen LogP contribution in [0.3, 0.4) is 0 Å². The largest absolute Gasteiger partial charge is 0.356 e. The molecule has 4 heteroatoms. The van der Waals surface area contributed by atoms with Crippen LogP contribution in [0, 0.1) is 5.92 Å². The van der Waals surface area contributed by atoms with Crippen LogP contribution >= 0.6 is 0 Å². The van der Waals surface area contributed by atoms with Gasteiger partial charge in [-0.25, -0.2) is 0 Å². The Kier molecular flexibility index (Phi) is 12.5. The third-order valence-electron chi connectivity index (χ3n) is 3.86. The summed E-state index contributed by atoms with van der Waals surface area (Å²) in [5.41, 5.74) is 0. The lowest BCUT2D eigenvalue weighted by Crippen LogP contribution is -2.42. The molecule has 0 saturated heterocycles. The zero-order chi connectivity index (χ0) is 16.1. The number of hydrogen-bond acceptors (Lipinski definition) is 2. The van der Waals surface area contributed by atoms with Gasteiger partial charge < -0.3 is 15.5 Å². The number of rotatable bonds is 11. The first kappa shape index (κ1) is 20.2. The Balaban J connectivity index is 3.81. The monoisotopic (exact) mass is 298 g/mol. The molecule has 0 bridgehead atoms. The first-order chi connectivity index (χ1) is 10.0. The van der Waals surface area contributed by atoms with E-state index in [9.17, 15) is 0 Å². The van der Waals surface area contributed by atoms with Crippen molar-refractivity contribution in [2.75, 3.05) is 33.2 Å². The smallest absolute Gasteiger partial charge is 0.191 e. The van der Waals surface area contributed by atoms with Gasteiger partial charge in [0, 0.05) is 19.6 Å². The maximum absolute atomic E-state index is 4.30. The third-order valence-corrected chi connectivity index (χ3v) is 3.86. The summed E-state index contributed by atoms with van der Waals surface area (Å²) in [4.78, 5) is 6.78. The zero-order valence-electron chi connectivity index (χ0n) is 15.2. The van der Waals surface area contributed by atoms with Gasteiger partial charge in [0.15, 0.2) is 5.96 Å². The summed E-state index contributed by atoms with van der Waals surface area (Å²) in [5.74, 6) is 1.72. The van der Waals surface area contributed by atoms with Gasteiger partial charge in [-0.3, -0.25) is 4.99 Å². The van der Waals surface area contributed by atoms with Gasteiger partial charge >= 0.3 is 0 Å². The topological polar surface area (TPSA) is 39.7 Å². The highest BCUT2D eigenvalue weighted by Gasteiger charge is 2.06. The molecule has 0 aliphatic rings. The molecule has 0 amide bonds. The molecule has 0 aromatic heterocycles. The minimum atomic E-state index is 0.469. The maximum atomic E-state index is 4.30. The van der Waals surface area contributed by atoms with Crippen LogP contribution in [0.1, 0.15) is 60.3 Å². The van der Waals surface area contributed by atoms with Crippen LogP contribution in [-0.2, 0) is 0 Å². The quantitative estimate of drug-likeness (QED) is 0.350. The van der Waals surface area contributed by atoms with E-state index < -0.39 is 0 Å². The molecule has 21 heavy (non-hydrogen) atoms. The van der Waals surface area contributed by atoms with Crippen molar-refractivity contribution in [3.63, 3.8) is 0 Å². The second-order valence-electron chi connectivity index (χ2n) is 6.25. The molecular formula is C17H38N4. The van der Waals surface area contributed by atoms with E-state index in [2.05, 4.69) is 55.1 Å². The van der Waals surface area contributed by atoms with Crippen molar-refractivity contribution < 1.29 is 0 Å². The van der Waals surface area contributed by atoms with Crippen LogP contribution < -0.4 is 10.6 Å². The summed E-state index contributed by atoms with van der Waals surface area (Å²) in [7, 11) is 1.85. The van der Waals surface area contributed by atoms with Gasteiger partial charge in [-0.15, -0.1) is 0 Å². The second-order valence-corrected chi connectivity index (χ2v) is 6.25. The van der Waals surface area contributed by atoms with E-state index in [1.165, 1.54) is 32.2 Å². The molecule has 0 aliphatic carbocycles. The molecule has 0 rings (SSSR count). The predicted molar refractivity (Wildman–Crippen MR) is 95.1 cm³/mol. The van der Waals surface area contributed by atoms with E-state index in [1.807, 2.05) is 7.05 Å². The van der Waals surface area contributed by atoms with Crippen molar-refractivity contribution >= 4 is 5.96 Å². The van der Waals surface area contributed by atoms with Gasteiger partial charge in [-0.2, -0.15) is 0 Å². The number of nitrogens with zero attached hydrogens (tertiary/aromatic N) is 2. The Morgan fingerprint density at radius 1 is 1.05 bits per heavy atom. The molecular weight excluding hydrogens is 260 g/mol. The summed E-state index contributed by atoms with van der Waals surface area (Å²) >= 11 is 0. The molecule has 0 heterocycles. The number of aliphatic imine (C=N–C) groups is 1. The zero-order valence-corrected chi connectivity index (χ0v) is 15.2. The summed E-state index contributed by atoms with van der Waals surface area (Å²) in [6.45, 7) is 15.7. The molecule has 4 nitrogen and oxygen atoms in total. The molecule has 0 fully saturated rings. The molecule has 126 valence electrons. The summed E-state index contributed by atoms with van der Waals surface area (Å²) in [5, 5.41) is 6.89. The van der Waals surface area contributed by atoms with Crippen LogP contribution in [0.15, 0.2) is 4.99 Å². The van der Waals surface area contributed by atoms with Crippen molar-refractivity contribution in [3.8, 4) is 0 Å². The van der Waals surface area contributed by atoms with E-state index in [4.69, 9.17) is 0 Å². The summed E-state index contributed by atoms with van der Waals surface area (Å²) in [6.07, 6.45) is 4.89. The average molecular weight is 299 g/mol. The molecule has 0 spiro atoms. The van der Waals surface area contributed by atoms with Crippen molar-refractivity contribution in [1.82, 2.24) is 15.5 Å². The fourth-order valence-electron chi connectivity index (χ4n) is 2.38. The lowest BCUT2D eigenvalue weighted by molar-refractivity contribution is 0.292. The molecule has 0 aromatic carbocycles. The lowest BCUT2D eigenvalue weighted by Gasteiger charge is -2.21. The minimum Gasteiger partial charge on any atom is -0.356 e. The Morgan fingerprint density at radius 3 is 2.24 bits per heavy atom. The van der Waals surface area contributed by atoms with Crippen molar-refractivity contribution in [1.29, 1.82) is 0 Å². The Bertz CT molecular complexity index is 260. The molecule has 0 saturated carbocycles. The Morgan fingerprint density at radius 2 is 1.71 bits per heavy atom. The van der Waals surface area contributed by atoms with Gasteiger partial charge in [-0.05, 0) is 58.2 Å². The van der Waals surface area contributed by atoms with Crippen molar-refractivity contribution in [2.45, 2.75) is 66.3 Å². The minimum absolute atomic E-state index is 0.469. The lowest BCUT2D eigenvalue weighted by atomic mass is 10.1. The maximum Gasteiger partial charge on any atom is 0.191 e. The van der Waals surface area contributed by atoms with Crippen LogP contribution in [-0.4, -0.2) is 50.1 Å². The van der Waals surface area contributed by atoms with Crippen molar-refractivity contribution in [3.05, 3.63) is 0 Å². The van der Waals surface area contributed by atoms with E-state index in [1.54, 1.807) is 0 Å². The first-order valence-corrected chi connectivity index (χ1v) is 8.72. The van der Waals surface area contributed by atoms with E-state index in [-0.39, 0.29) is 0 Å². The third kappa shape index (κ3) is 11.6. The van der Waals surface area contributed by atoms with Gasteiger partial charge in [-0.1, -0.05) is 27.7 Å². The summed E-state index contributed by atoms with van der Waals surface area (Å²) < 4.78 is 0. The van der Waals surface area contributed by atoms with Gasteiger partial charge in [0.2, 0.25) is 0 Å². The Labute approximate surface area is 132 Å².